The Morgan fingerprint density at radius 3 is 2.84 bits per heavy atom. The quantitative estimate of drug-likeness (QED) is 0.737. The van der Waals surface area contributed by atoms with Gasteiger partial charge in [-0.3, -0.25) is 9.59 Å². The van der Waals surface area contributed by atoms with Crippen molar-refractivity contribution >= 4 is 17.5 Å². The van der Waals surface area contributed by atoms with Gasteiger partial charge in [0, 0.05) is 13.0 Å². The van der Waals surface area contributed by atoms with Crippen LogP contribution in [-0.2, 0) is 9.59 Å². The van der Waals surface area contributed by atoms with Gasteiger partial charge in [-0.05, 0) is 38.3 Å². The summed E-state index contributed by atoms with van der Waals surface area (Å²) in [5.74, 6) is 0.257. The zero-order valence-corrected chi connectivity index (χ0v) is 14.7. The highest BCUT2D eigenvalue weighted by Crippen LogP contribution is 2.31. The van der Waals surface area contributed by atoms with Gasteiger partial charge < -0.3 is 14.7 Å². The molecule has 2 saturated heterocycles. The molecular formula is C19H27N2O4+. The largest absolute Gasteiger partial charge is 0.492 e. The Balaban J connectivity index is 1.85. The van der Waals surface area contributed by atoms with Crippen molar-refractivity contribution in [3.05, 3.63) is 24.3 Å². The number of nitrogens with zero attached hydrogens (tertiary/aromatic N) is 1. The number of likely N-dealkylation sites (tertiary alicyclic amines) is 1. The molecule has 0 radical (unpaired) electrons. The SMILES string of the molecule is CCOc1ccccc1N1C(=O)C[C@H]([NH+]2CCCC[C@H]2CCO)C1=O. The minimum atomic E-state index is -0.348. The predicted molar refractivity (Wildman–Crippen MR) is 93.7 cm³/mol. The number of rotatable bonds is 6. The van der Waals surface area contributed by atoms with Crippen LogP contribution in [0.5, 0.6) is 5.75 Å². The normalized spacial score (nSPS) is 27.0. The zero-order valence-electron chi connectivity index (χ0n) is 14.7. The number of ether oxygens (including phenoxy) is 1. The number of benzene rings is 1. The topological polar surface area (TPSA) is 71.3 Å². The van der Waals surface area contributed by atoms with Crippen LogP contribution in [-0.4, -0.2) is 48.8 Å². The highest BCUT2D eigenvalue weighted by Gasteiger charge is 2.48. The second-order valence-electron chi connectivity index (χ2n) is 6.75. The lowest BCUT2D eigenvalue weighted by atomic mass is 9.97. The zero-order chi connectivity index (χ0) is 17.8. The highest BCUT2D eigenvalue weighted by atomic mass is 16.5. The molecule has 2 aliphatic rings. The summed E-state index contributed by atoms with van der Waals surface area (Å²) >= 11 is 0. The van der Waals surface area contributed by atoms with E-state index in [1.807, 2.05) is 19.1 Å². The van der Waals surface area contributed by atoms with Crippen molar-refractivity contribution in [3.63, 3.8) is 0 Å². The number of piperidine rings is 1. The number of aliphatic hydroxyl groups is 1. The molecule has 2 heterocycles. The molecule has 1 aromatic carbocycles. The van der Waals surface area contributed by atoms with E-state index < -0.39 is 0 Å². The molecule has 3 atom stereocenters. The van der Waals surface area contributed by atoms with Crippen molar-refractivity contribution < 1.29 is 24.3 Å². The van der Waals surface area contributed by atoms with Gasteiger partial charge in [0.2, 0.25) is 5.91 Å². The lowest BCUT2D eigenvalue weighted by molar-refractivity contribution is -0.945. The molecule has 0 aliphatic carbocycles. The van der Waals surface area contributed by atoms with E-state index in [1.165, 1.54) is 4.90 Å². The third-order valence-corrected chi connectivity index (χ3v) is 5.27. The average molecular weight is 347 g/mol. The van der Waals surface area contributed by atoms with Crippen LogP contribution in [0.2, 0.25) is 0 Å². The maximum Gasteiger partial charge on any atom is 0.292 e. The van der Waals surface area contributed by atoms with Crippen LogP contribution in [0.1, 0.15) is 39.0 Å². The summed E-state index contributed by atoms with van der Waals surface area (Å²) in [6.45, 7) is 3.37. The van der Waals surface area contributed by atoms with Crippen molar-refractivity contribution in [2.24, 2.45) is 0 Å². The Labute approximate surface area is 148 Å². The Morgan fingerprint density at radius 1 is 1.28 bits per heavy atom. The molecule has 3 rings (SSSR count). The van der Waals surface area contributed by atoms with Gasteiger partial charge in [-0.25, -0.2) is 4.90 Å². The molecule has 136 valence electrons. The van der Waals surface area contributed by atoms with Gasteiger partial charge in [0.05, 0.1) is 31.3 Å². The first-order valence-corrected chi connectivity index (χ1v) is 9.22. The van der Waals surface area contributed by atoms with Gasteiger partial charge in [-0.1, -0.05) is 12.1 Å². The molecule has 0 aromatic heterocycles. The monoisotopic (exact) mass is 347 g/mol. The summed E-state index contributed by atoms with van der Waals surface area (Å²) < 4.78 is 5.60. The summed E-state index contributed by atoms with van der Waals surface area (Å²) in [7, 11) is 0. The predicted octanol–water partition coefficient (Wildman–Crippen LogP) is 0.537. The summed E-state index contributed by atoms with van der Waals surface area (Å²) in [5, 5.41) is 9.33. The van der Waals surface area contributed by atoms with Crippen LogP contribution < -0.4 is 14.5 Å². The number of hydrogen-bond acceptors (Lipinski definition) is 4. The first kappa shape index (κ1) is 17.9. The van der Waals surface area contributed by atoms with Gasteiger partial charge in [0.25, 0.3) is 5.91 Å². The fourth-order valence-corrected chi connectivity index (χ4v) is 4.15. The summed E-state index contributed by atoms with van der Waals surface area (Å²) in [6.07, 6.45) is 4.10. The molecular weight excluding hydrogens is 320 g/mol. The van der Waals surface area contributed by atoms with Gasteiger partial charge in [0.1, 0.15) is 5.75 Å². The maximum absolute atomic E-state index is 13.1. The van der Waals surface area contributed by atoms with E-state index in [1.54, 1.807) is 12.1 Å². The number of para-hydroxylation sites is 2. The molecule has 0 bridgehead atoms. The standard InChI is InChI=1S/C19H26N2O4/c1-2-25-17-9-4-3-8-15(17)21-18(23)13-16(19(21)24)20-11-6-5-7-14(20)10-12-22/h3-4,8-9,14,16,22H,2,5-7,10-13H2,1H3/p+1/t14-,16-/m0/s1. The Bertz CT molecular complexity index is 632. The second kappa shape index (κ2) is 7.97. The van der Waals surface area contributed by atoms with Gasteiger partial charge in [-0.15, -0.1) is 0 Å². The number of hydrogen-bond donors (Lipinski definition) is 2. The van der Waals surface area contributed by atoms with E-state index in [9.17, 15) is 14.7 Å². The maximum atomic E-state index is 13.1. The lowest BCUT2D eigenvalue weighted by Crippen LogP contribution is -3.20. The smallest absolute Gasteiger partial charge is 0.292 e. The van der Waals surface area contributed by atoms with Gasteiger partial charge in [0.15, 0.2) is 6.04 Å². The minimum Gasteiger partial charge on any atom is -0.492 e. The Morgan fingerprint density at radius 2 is 2.08 bits per heavy atom. The Hall–Kier alpha value is -1.92. The molecule has 1 aromatic rings. The number of aliphatic hydroxyl groups excluding tert-OH is 1. The number of anilines is 1. The molecule has 2 N–H and O–H groups in total. The van der Waals surface area contributed by atoms with E-state index >= 15 is 0 Å². The van der Waals surface area contributed by atoms with E-state index in [0.717, 1.165) is 30.7 Å². The van der Waals surface area contributed by atoms with Crippen LogP contribution in [0.4, 0.5) is 5.69 Å². The number of carbonyl (C=O) groups is 2. The van der Waals surface area contributed by atoms with Gasteiger partial charge >= 0.3 is 0 Å². The number of imide groups is 1. The molecule has 2 amide bonds. The third kappa shape index (κ3) is 3.55. The van der Waals surface area contributed by atoms with E-state index in [-0.39, 0.29) is 36.9 Å². The third-order valence-electron chi connectivity index (χ3n) is 5.27. The second-order valence-corrected chi connectivity index (χ2v) is 6.75. The van der Waals surface area contributed by atoms with Crippen LogP contribution >= 0.6 is 0 Å². The first-order chi connectivity index (χ1) is 12.2. The highest BCUT2D eigenvalue weighted by molar-refractivity contribution is 6.22. The van der Waals surface area contributed by atoms with Crippen LogP contribution in [0.3, 0.4) is 0 Å². The minimum absolute atomic E-state index is 0.125. The average Bonchev–Trinajstić information content (AvgIpc) is 2.91. The first-order valence-electron chi connectivity index (χ1n) is 9.22. The lowest BCUT2D eigenvalue weighted by Gasteiger charge is -2.35. The van der Waals surface area contributed by atoms with Crippen molar-refractivity contribution in [3.8, 4) is 5.75 Å². The molecule has 0 saturated carbocycles. The number of quaternary nitrogens is 1. The molecule has 2 fully saturated rings. The van der Waals surface area contributed by atoms with Crippen molar-refractivity contribution in [2.45, 2.75) is 51.1 Å². The molecule has 6 heteroatoms. The number of amides is 2. The van der Waals surface area contributed by atoms with Crippen molar-refractivity contribution in [1.29, 1.82) is 0 Å². The Kier molecular flexibility index (Phi) is 5.71. The molecule has 1 unspecified atom stereocenters. The van der Waals surface area contributed by atoms with Crippen LogP contribution in [0, 0.1) is 0 Å². The fourth-order valence-electron chi connectivity index (χ4n) is 4.15. The van der Waals surface area contributed by atoms with Crippen LogP contribution in [0.15, 0.2) is 24.3 Å². The van der Waals surface area contributed by atoms with E-state index in [4.69, 9.17) is 4.74 Å². The molecule has 2 aliphatic heterocycles. The van der Waals surface area contributed by atoms with E-state index in [0.29, 0.717) is 24.5 Å². The summed E-state index contributed by atoms with van der Waals surface area (Å²) in [5.41, 5.74) is 0.539. The molecule has 0 spiro atoms. The number of nitrogens with one attached hydrogen (secondary N) is 1. The molecule has 6 nitrogen and oxygen atoms in total. The summed E-state index contributed by atoms with van der Waals surface area (Å²) in [4.78, 5) is 28.2. The van der Waals surface area contributed by atoms with Crippen molar-refractivity contribution in [2.75, 3.05) is 24.7 Å². The summed E-state index contributed by atoms with van der Waals surface area (Å²) in [6, 6.07) is 7.11. The van der Waals surface area contributed by atoms with Gasteiger partial charge in [-0.2, -0.15) is 0 Å². The fraction of sp³-hybridized carbons (Fsp3) is 0.579. The molecule has 25 heavy (non-hydrogen) atoms. The van der Waals surface area contributed by atoms with E-state index in [2.05, 4.69) is 0 Å². The number of carbonyl (C=O) groups excluding carboxylic acids is 2. The van der Waals surface area contributed by atoms with Crippen LogP contribution in [0.25, 0.3) is 0 Å². The van der Waals surface area contributed by atoms with Crippen molar-refractivity contribution in [1.82, 2.24) is 0 Å².